The number of aromatic nitrogens is 2. The molecule has 156 valence electrons. The van der Waals surface area contributed by atoms with Gasteiger partial charge in [0.25, 0.3) is 0 Å². The predicted molar refractivity (Wildman–Crippen MR) is 129 cm³/mol. The quantitative estimate of drug-likeness (QED) is 0.320. The molecule has 6 nitrogen and oxygen atoms in total. The van der Waals surface area contributed by atoms with E-state index in [0.29, 0.717) is 23.2 Å². The van der Waals surface area contributed by atoms with Crippen molar-refractivity contribution < 1.29 is 0 Å². The number of hydrazine groups is 1. The van der Waals surface area contributed by atoms with Crippen LogP contribution < -0.4 is 21.5 Å². The van der Waals surface area contributed by atoms with Gasteiger partial charge in [0.05, 0.1) is 11.4 Å². The van der Waals surface area contributed by atoms with Gasteiger partial charge in [0.15, 0.2) is 11.6 Å². The topological polar surface area (TPSA) is 79.1 Å². The highest BCUT2D eigenvalue weighted by molar-refractivity contribution is 5.80. The zero-order valence-corrected chi connectivity index (χ0v) is 17.7. The van der Waals surface area contributed by atoms with E-state index in [1.54, 1.807) is 0 Å². The smallest absolute Gasteiger partial charge is 0.173 e. The van der Waals surface area contributed by atoms with Crippen LogP contribution in [0.15, 0.2) is 91.3 Å². The summed E-state index contributed by atoms with van der Waals surface area (Å²) in [7, 11) is 0. The third-order valence-electron chi connectivity index (χ3n) is 4.97. The summed E-state index contributed by atoms with van der Waals surface area (Å²) >= 11 is 0. The maximum atomic E-state index is 6.44. The lowest BCUT2D eigenvalue weighted by atomic mass is 10.0. The van der Waals surface area contributed by atoms with Gasteiger partial charge in [-0.15, -0.1) is 0 Å². The number of rotatable bonds is 7. The fourth-order valence-electron chi connectivity index (χ4n) is 3.21. The summed E-state index contributed by atoms with van der Waals surface area (Å²) in [6.07, 6.45) is 1.50. The Bertz CT molecular complexity index is 1070. The Morgan fingerprint density at radius 1 is 0.742 bits per heavy atom. The van der Waals surface area contributed by atoms with Gasteiger partial charge in [0.2, 0.25) is 0 Å². The Hall–Kier alpha value is -4.06. The molecule has 0 amide bonds. The van der Waals surface area contributed by atoms with Crippen molar-refractivity contribution in [1.82, 2.24) is 9.97 Å². The van der Waals surface area contributed by atoms with E-state index in [9.17, 15) is 0 Å². The lowest BCUT2D eigenvalue weighted by Crippen LogP contribution is -2.26. The maximum absolute atomic E-state index is 6.44. The minimum atomic E-state index is 0.437. The van der Waals surface area contributed by atoms with E-state index in [1.165, 1.54) is 11.9 Å². The second-order valence-corrected chi connectivity index (χ2v) is 7.50. The summed E-state index contributed by atoms with van der Waals surface area (Å²) in [4.78, 5) is 8.72. The number of nitrogens with two attached hydrogens (primary N) is 1. The van der Waals surface area contributed by atoms with Gasteiger partial charge in [0.1, 0.15) is 12.0 Å². The van der Waals surface area contributed by atoms with E-state index in [2.05, 4.69) is 46.7 Å². The fraction of sp³-hybridized carbons (Fsp3) is 0.120. The molecular weight excluding hydrogens is 384 g/mol. The molecule has 0 saturated carbocycles. The number of hydrogen-bond donors (Lipinski definition) is 3. The first-order valence-corrected chi connectivity index (χ1v) is 10.3. The lowest BCUT2D eigenvalue weighted by molar-refractivity contribution is 0.867. The predicted octanol–water partition coefficient (Wildman–Crippen LogP) is 6.09. The second-order valence-electron chi connectivity index (χ2n) is 7.50. The molecule has 31 heavy (non-hydrogen) atoms. The van der Waals surface area contributed by atoms with E-state index >= 15 is 0 Å². The van der Waals surface area contributed by atoms with E-state index < -0.39 is 0 Å². The van der Waals surface area contributed by atoms with Gasteiger partial charge in [-0.3, -0.25) is 10.4 Å². The van der Waals surface area contributed by atoms with Crippen molar-refractivity contribution in [3.63, 3.8) is 0 Å². The Morgan fingerprint density at radius 3 is 1.84 bits per heavy atom. The van der Waals surface area contributed by atoms with Gasteiger partial charge in [-0.25, -0.2) is 9.97 Å². The van der Waals surface area contributed by atoms with E-state index in [-0.39, 0.29) is 0 Å². The standard InChI is InChI=1S/C25H26N6/c1-18(2)19-13-15-20(16-14-19)29-24-23(26)25(28-17-27-24)30-31(21-9-5-3-6-10-21)22-11-7-4-8-12-22/h3-18H,26H2,1-2H3,(H2,27,28,29,30). The van der Waals surface area contributed by atoms with Crippen LogP contribution in [0, 0.1) is 0 Å². The minimum absolute atomic E-state index is 0.437. The average Bonchev–Trinajstić information content (AvgIpc) is 2.81. The lowest BCUT2D eigenvalue weighted by Gasteiger charge is -2.26. The van der Waals surface area contributed by atoms with Crippen molar-refractivity contribution in [3.8, 4) is 0 Å². The van der Waals surface area contributed by atoms with Gasteiger partial charge in [0, 0.05) is 5.69 Å². The molecule has 0 atom stereocenters. The highest BCUT2D eigenvalue weighted by Crippen LogP contribution is 2.30. The van der Waals surface area contributed by atoms with Gasteiger partial charge >= 0.3 is 0 Å². The summed E-state index contributed by atoms with van der Waals surface area (Å²) in [6.45, 7) is 4.35. The molecule has 6 heteroatoms. The summed E-state index contributed by atoms with van der Waals surface area (Å²) < 4.78 is 0. The highest BCUT2D eigenvalue weighted by Gasteiger charge is 2.14. The van der Waals surface area contributed by atoms with E-state index in [4.69, 9.17) is 5.73 Å². The van der Waals surface area contributed by atoms with Crippen LogP contribution in [0.3, 0.4) is 0 Å². The Balaban J connectivity index is 1.62. The number of hydrogen-bond acceptors (Lipinski definition) is 6. The molecule has 4 N–H and O–H groups in total. The Labute approximate surface area is 182 Å². The van der Waals surface area contributed by atoms with Crippen molar-refractivity contribution >= 4 is 34.4 Å². The Kier molecular flexibility index (Phi) is 5.98. The Morgan fingerprint density at radius 2 is 1.29 bits per heavy atom. The van der Waals surface area contributed by atoms with Crippen LogP contribution in [-0.4, -0.2) is 9.97 Å². The van der Waals surface area contributed by atoms with Crippen LogP contribution in [0.4, 0.5) is 34.4 Å². The van der Waals surface area contributed by atoms with Crippen molar-refractivity contribution in [3.05, 3.63) is 96.8 Å². The van der Waals surface area contributed by atoms with Crippen LogP contribution in [-0.2, 0) is 0 Å². The summed E-state index contributed by atoms with van der Waals surface area (Å²) in [6, 6.07) is 28.3. The van der Waals surface area contributed by atoms with Crippen molar-refractivity contribution in [2.75, 3.05) is 21.5 Å². The van der Waals surface area contributed by atoms with Crippen molar-refractivity contribution in [2.45, 2.75) is 19.8 Å². The van der Waals surface area contributed by atoms with Crippen LogP contribution in [0.1, 0.15) is 25.3 Å². The molecule has 0 aliphatic carbocycles. The minimum Gasteiger partial charge on any atom is -0.393 e. The molecule has 0 bridgehead atoms. The monoisotopic (exact) mass is 410 g/mol. The van der Waals surface area contributed by atoms with Crippen LogP contribution in [0.5, 0.6) is 0 Å². The normalized spacial score (nSPS) is 10.7. The summed E-state index contributed by atoms with van der Waals surface area (Å²) in [5.41, 5.74) is 14.4. The molecule has 0 aliphatic rings. The number of nitrogens with one attached hydrogen (secondary N) is 2. The highest BCUT2D eigenvalue weighted by atomic mass is 15.5. The number of nitrogen functional groups attached to an aromatic ring is 1. The molecule has 0 aliphatic heterocycles. The van der Waals surface area contributed by atoms with E-state index in [0.717, 1.165) is 17.1 Å². The largest absolute Gasteiger partial charge is 0.393 e. The molecule has 0 unspecified atom stereocenters. The number of anilines is 6. The SMILES string of the molecule is CC(C)c1ccc(Nc2ncnc(NN(c3ccccc3)c3ccccc3)c2N)cc1. The summed E-state index contributed by atoms with van der Waals surface area (Å²) in [5, 5.41) is 5.24. The van der Waals surface area contributed by atoms with Crippen LogP contribution in [0.2, 0.25) is 0 Å². The molecule has 1 heterocycles. The average molecular weight is 411 g/mol. The second kappa shape index (κ2) is 9.17. The summed E-state index contributed by atoms with van der Waals surface area (Å²) in [5.74, 6) is 1.55. The molecule has 0 fully saturated rings. The zero-order chi connectivity index (χ0) is 21.6. The first-order chi connectivity index (χ1) is 15.1. The van der Waals surface area contributed by atoms with E-state index in [1.807, 2.05) is 77.8 Å². The van der Waals surface area contributed by atoms with Gasteiger partial charge in [-0.2, -0.15) is 0 Å². The van der Waals surface area contributed by atoms with Crippen LogP contribution in [0.25, 0.3) is 0 Å². The van der Waals surface area contributed by atoms with Gasteiger partial charge < -0.3 is 11.1 Å². The van der Waals surface area contributed by atoms with Gasteiger partial charge in [-0.05, 0) is 47.9 Å². The maximum Gasteiger partial charge on any atom is 0.173 e. The fourth-order valence-corrected chi connectivity index (χ4v) is 3.21. The number of benzene rings is 3. The first kappa shape index (κ1) is 20.2. The van der Waals surface area contributed by atoms with Gasteiger partial charge in [-0.1, -0.05) is 62.4 Å². The molecule has 1 aromatic heterocycles. The molecule has 0 spiro atoms. The van der Waals surface area contributed by atoms with Crippen molar-refractivity contribution in [2.24, 2.45) is 0 Å². The molecular formula is C25H26N6. The zero-order valence-electron chi connectivity index (χ0n) is 17.7. The van der Waals surface area contributed by atoms with Crippen molar-refractivity contribution in [1.29, 1.82) is 0 Å². The number of para-hydroxylation sites is 2. The first-order valence-electron chi connectivity index (χ1n) is 10.3. The third-order valence-corrected chi connectivity index (χ3v) is 4.97. The molecule has 0 saturated heterocycles. The molecule has 0 radical (unpaired) electrons. The van der Waals surface area contributed by atoms with Crippen LogP contribution >= 0.6 is 0 Å². The third kappa shape index (κ3) is 4.75. The molecule has 4 aromatic rings. The number of nitrogens with zero attached hydrogens (tertiary/aromatic N) is 3. The molecule has 4 rings (SSSR count). The molecule has 3 aromatic carbocycles.